The number of nitrogens with zero attached hydrogens (tertiary/aromatic N) is 1. The molecule has 8 heteroatoms. The van der Waals surface area contributed by atoms with E-state index in [9.17, 15) is 13.6 Å². The summed E-state index contributed by atoms with van der Waals surface area (Å²) in [5.41, 5.74) is 0.771. The van der Waals surface area contributed by atoms with Crippen molar-refractivity contribution in [3.8, 4) is 0 Å². The Balaban J connectivity index is 1.53. The van der Waals surface area contributed by atoms with Gasteiger partial charge in [0, 0.05) is 31.6 Å². The van der Waals surface area contributed by atoms with Crippen molar-refractivity contribution in [3.63, 3.8) is 0 Å². The van der Waals surface area contributed by atoms with Crippen LogP contribution in [0.5, 0.6) is 0 Å². The van der Waals surface area contributed by atoms with Gasteiger partial charge in [-0.1, -0.05) is 12.1 Å². The van der Waals surface area contributed by atoms with Crippen LogP contribution < -0.4 is 16.0 Å². The normalized spacial score (nSPS) is 11.2. The SMILES string of the molecule is CN=C(NCCCSc1ccc(F)cc1)NCCNC(=O)Cc1ccc(F)cc1. The van der Waals surface area contributed by atoms with Crippen LogP contribution in [0.1, 0.15) is 12.0 Å². The first-order valence-electron chi connectivity index (χ1n) is 9.41. The van der Waals surface area contributed by atoms with Crippen molar-refractivity contribution in [1.82, 2.24) is 16.0 Å². The van der Waals surface area contributed by atoms with Gasteiger partial charge in [-0.3, -0.25) is 9.79 Å². The van der Waals surface area contributed by atoms with Gasteiger partial charge in [0.2, 0.25) is 5.91 Å². The molecule has 29 heavy (non-hydrogen) atoms. The zero-order valence-electron chi connectivity index (χ0n) is 16.4. The fourth-order valence-corrected chi connectivity index (χ4v) is 3.31. The second kappa shape index (κ2) is 12.8. The Hall–Kier alpha value is -2.61. The van der Waals surface area contributed by atoms with Crippen molar-refractivity contribution in [2.45, 2.75) is 17.7 Å². The van der Waals surface area contributed by atoms with Crippen LogP contribution in [0.3, 0.4) is 0 Å². The highest BCUT2D eigenvalue weighted by Crippen LogP contribution is 2.18. The largest absolute Gasteiger partial charge is 0.356 e. The van der Waals surface area contributed by atoms with Gasteiger partial charge in [-0.2, -0.15) is 0 Å². The number of carbonyl (C=O) groups is 1. The van der Waals surface area contributed by atoms with E-state index in [1.807, 2.05) is 0 Å². The van der Waals surface area contributed by atoms with Crippen LogP contribution in [-0.4, -0.2) is 44.3 Å². The number of benzene rings is 2. The third-order valence-corrected chi connectivity index (χ3v) is 5.04. The minimum Gasteiger partial charge on any atom is -0.356 e. The summed E-state index contributed by atoms with van der Waals surface area (Å²) in [7, 11) is 1.69. The molecule has 2 rings (SSSR count). The van der Waals surface area contributed by atoms with Crippen molar-refractivity contribution in [3.05, 3.63) is 65.7 Å². The van der Waals surface area contributed by atoms with Gasteiger partial charge in [0.05, 0.1) is 6.42 Å². The summed E-state index contributed by atoms with van der Waals surface area (Å²) in [4.78, 5) is 17.1. The molecule has 0 spiro atoms. The van der Waals surface area contributed by atoms with Crippen LogP contribution in [0.15, 0.2) is 58.4 Å². The molecule has 0 saturated heterocycles. The highest BCUT2D eigenvalue weighted by Gasteiger charge is 2.03. The maximum absolute atomic E-state index is 12.9. The zero-order chi connectivity index (χ0) is 20.9. The van der Waals surface area contributed by atoms with Crippen molar-refractivity contribution < 1.29 is 13.6 Å². The third kappa shape index (κ3) is 9.43. The fourth-order valence-electron chi connectivity index (χ4n) is 2.45. The van der Waals surface area contributed by atoms with Gasteiger partial charge in [-0.05, 0) is 54.1 Å². The van der Waals surface area contributed by atoms with Gasteiger partial charge >= 0.3 is 0 Å². The van der Waals surface area contributed by atoms with Gasteiger partial charge in [0.15, 0.2) is 5.96 Å². The molecule has 0 aliphatic carbocycles. The van der Waals surface area contributed by atoms with Crippen LogP contribution in [-0.2, 0) is 11.2 Å². The number of rotatable bonds is 10. The monoisotopic (exact) mass is 420 g/mol. The molecule has 0 aliphatic rings. The van der Waals surface area contributed by atoms with Crippen LogP contribution in [0.2, 0.25) is 0 Å². The Morgan fingerprint density at radius 2 is 1.48 bits per heavy atom. The molecule has 0 fully saturated rings. The number of carbonyl (C=O) groups excluding carboxylic acids is 1. The molecular weight excluding hydrogens is 394 g/mol. The second-order valence-corrected chi connectivity index (χ2v) is 7.40. The van der Waals surface area contributed by atoms with Gasteiger partial charge in [-0.15, -0.1) is 11.8 Å². The number of thioether (sulfide) groups is 1. The van der Waals surface area contributed by atoms with Crippen LogP contribution in [0.25, 0.3) is 0 Å². The Kier molecular flexibility index (Phi) is 9.99. The fraction of sp³-hybridized carbons (Fsp3) is 0.333. The zero-order valence-corrected chi connectivity index (χ0v) is 17.2. The quantitative estimate of drug-likeness (QED) is 0.239. The molecule has 5 nitrogen and oxygen atoms in total. The van der Waals surface area contributed by atoms with E-state index < -0.39 is 0 Å². The molecule has 0 saturated carbocycles. The molecule has 0 unspecified atom stereocenters. The van der Waals surface area contributed by atoms with E-state index in [2.05, 4.69) is 20.9 Å². The Labute approximate surface area is 174 Å². The molecule has 0 radical (unpaired) electrons. The summed E-state index contributed by atoms with van der Waals surface area (Å²) in [6.45, 7) is 1.76. The van der Waals surface area contributed by atoms with Crippen molar-refractivity contribution >= 4 is 23.6 Å². The first kappa shape index (κ1) is 22.7. The average Bonchev–Trinajstić information content (AvgIpc) is 2.72. The standard InChI is InChI=1S/C21H26F2N4OS/c1-24-21(26-11-2-14-29-19-9-7-18(23)8-10-19)27-13-12-25-20(28)15-16-3-5-17(22)6-4-16/h3-10H,2,11-15H2,1H3,(H,25,28)(H2,24,26,27). The second-order valence-electron chi connectivity index (χ2n) is 6.23. The average molecular weight is 421 g/mol. The maximum Gasteiger partial charge on any atom is 0.224 e. The molecule has 2 aromatic rings. The van der Waals surface area contributed by atoms with E-state index in [-0.39, 0.29) is 24.0 Å². The lowest BCUT2D eigenvalue weighted by Crippen LogP contribution is -2.42. The predicted octanol–water partition coefficient (Wildman–Crippen LogP) is 2.97. The minimum absolute atomic E-state index is 0.112. The molecule has 0 aliphatic heterocycles. The number of hydrogen-bond donors (Lipinski definition) is 3. The lowest BCUT2D eigenvalue weighted by atomic mass is 10.1. The summed E-state index contributed by atoms with van der Waals surface area (Å²) in [6, 6.07) is 12.4. The Morgan fingerprint density at radius 1 is 0.897 bits per heavy atom. The summed E-state index contributed by atoms with van der Waals surface area (Å²) in [6.07, 6.45) is 1.15. The van der Waals surface area contributed by atoms with Crippen LogP contribution in [0, 0.1) is 11.6 Å². The first-order chi connectivity index (χ1) is 14.1. The summed E-state index contributed by atoms with van der Waals surface area (Å²) < 4.78 is 25.7. The molecule has 0 heterocycles. The van der Waals surface area contributed by atoms with Gasteiger partial charge in [-0.25, -0.2) is 8.78 Å². The number of hydrogen-bond acceptors (Lipinski definition) is 3. The van der Waals surface area contributed by atoms with Gasteiger partial charge < -0.3 is 16.0 Å². The maximum atomic E-state index is 12.9. The molecule has 2 aromatic carbocycles. The summed E-state index contributed by atoms with van der Waals surface area (Å²) in [5.74, 6) is 0.933. The molecule has 0 bridgehead atoms. The van der Waals surface area contributed by atoms with Crippen molar-refractivity contribution in [2.75, 3.05) is 32.4 Å². The lowest BCUT2D eigenvalue weighted by molar-refractivity contribution is -0.120. The first-order valence-corrected chi connectivity index (χ1v) is 10.4. The highest BCUT2D eigenvalue weighted by atomic mass is 32.2. The number of amides is 1. The predicted molar refractivity (Wildman–Crippen MR) is 114 cm³/mol. The van der Waals surface area contributed by atoms with Crippen molar-refractivity contribution in [2.24, 2.45) is 4.99 Å². The molecule has 3 N–H and O–H groups in total. The van der Waals surface area contributed by atoms with E-state index in [0.717, 1.165) is 29.2 Å². The van der Waals surface area contributed by atoms with E-state index in [1.165, 1.54) is 24.3 Å². The number of nitrogens with one attached hydrogen (secondary N) is 3. The Morgan fingerprint density at radius 3 is 2.14 bits per heavy atom. The number of guanidine groups is 1. The summed E-state index contributed by atoms with van der Waals surface area (Å²) in [5, 5.41) is 9.17. The smallest absolute Gasteiger partial charge is 0.224 e. The molecule has 0 aromatic heterocycles. The number of aliphatic imine (C=N–C) groups is 1. The van der Waals surface area contributed by atoms with Crippen molar-refractivity contribution in [1.29, 1.82) is 0 Å². The van der Waals surface area contributed by atoms with E-state index >= 15 is 0 Å². The molecular formula is C21H26F2N4OS. The van der Waals surface area contributed by atoms with E-state index in [0.29, 0.717) is 19.0 Å². The van der Waals surface area contributed by atoms with Gasteiger partial charge in [0.25, 0.3) is 0 Å². The lowest BCUT2D eigenvalue weighted by Gasteiger charge is -2.12. The van der Waals surface area contributed by atoms with E-state index in [4.69, 9.17) is 0 Å². The Bertz CT molecular complexity index is 782. The number of halogens is 2. The van der Waals surface area contributed by atoms with Crippen LogP contribution >= 0.6 is 11.8 Å². The van der Waals surface area contributed by atoms with Crippen LogP contribution in [0.4, 0.5) is 8.78 Å². The molecule has 156 valence electrons. The molecule has 0 atom stereocenters. The molecule has 1 amide bonds. The highest BCUT2D eigenvalue weighted by molar-refractivity contribution is 7.99. The van der Waals surface area contributed by atoms with E-state index in [1.54, 1.807) is 43.1 Å². The topological polar surface area (TPSA) is 65.5 Å². The third-order valence-electron chi connectivity index (χ3n) is 3.94. The minimum atomic E-state index is -0.314. The van der Waals surface area contributed by atoms with Gasteiger partial charge in [0.1, 0.15) is 11.6 Å². The summed E-state index contributed by atoms with van der Waals surface area (Å²) >= 11 is 1.68.